The van der Waals surface area contributed by atoms with Gasteiger partial charge in [0.15, 0.2) is 0 Å². The van der Waals surface area contributed by atoms with E-state index in [-0.39, 0.29) is 6.54 Å². The number of amides is 2. The van der Waals surface area contributed by atoms with Gasteiger partial charge in [-0.1, -0.05) is 36.5 Å². The van der Waals surface area contributed by atoms with Gasteiger partial charge < -0.3 is 21.7 Å². The van der Waals surface area contributed by atoms with Gasteiger partial charge in [-0.05, 0) is 62.3 Å². The standard InChI is InChI=1S/C25H33N5O3/c26-15-18-27-16-5-2-6-17-28-19-23(25(32)30-33)29-24(31)22-13-11-21(12-14-22)10-9-20-7-3-1-4-8-20/h1,3-4,7-8,11-14,23,27-28,33H,2,5-6,15-19,26H2,(H,29,31)(H,30,32)/t23-/m0/s1. The van der Waals surface area contributed by atoms with Gasteiger partial charge in [0.25, 0.3) is 11.8 Å². The van der Waals surface area contributed by atoms with Crippen molar-refractivity contribution in [2.24, 2.45) is 5.73 Å². The van der Waals surface area contributed by atoms with E-state index in [9.17, 15) is 9.59 Å². The predicted octanol–water partition coefficient (Wildman–Crippen LogP) is 0.998. The van der Waals surface area contributed by atoms with Gasteiger partial charge in [0.2, 0.25) is 0 Å². The van der Waals surface area contributed by atoms with E-state index in [1.165, 1.54) is 0 Å². The lowest BCUT2D eigenvalue weighted by Crippen LogP contribution is -2.51. The Labute approximate surface area is 195 Å². The summed E-state index contributed by atoms with van der Waals surface area (Å²) in [5.74, 6) is 5.04. The van der Waals surface area contributed by atoms with Crippen LogP contribution in [0, 0.1) is 11.8 Å². The van der Waals surface area contributed by atoms with Gasteiger partial charge >= 0.3 is 0 Å². The van der Waals surface area contributed by atoms with E-state index in [1.807, 2.05) is 30.3 Å². The van der Waals surface area contributed by atoms with Crippen molar-refractivity contribution in [1.82, 2.24) is 21.4 Å². The van der Waals surface area contributed by atoms with Gasteiger partial charge in [-0.25, -0.2) is 5.48 Å². The highest BCUT2D eigenvalue weighted by molar-refractivity contribution is 5.97. The zero-order valence-electron chi connectivity index (χ0n) is 18.8. The molecule has 0 radical (unpaired) electrons. The maximum Gasteiger partial charge on any atom is 0.267 e. The van der Waals surface area contributed by atoms with Crippen molar-refractivity contribution in [3.63, 3.8) is 0 Å². The smallest absolute Gasteiger partial charge is 0.267 e. The summed E-state index contributed by atoms with van der Waals surface area (Å²) in [6, 6.07) is 15.6. The zero-order chi connectivity index (χ0) is 23.7. The van der Waals surface area contributed by atoms with E-state index in [2.05, 4.69) is 27.8 Å². The Balaban J connectivity index is 1.80. The molecule has 7 N–H and O–H groups in total. The minimum absolute atomic E-state index is 0.212. The number of carbonyl (C=O) groups excluding carboxylic acids is 2. The fourth-order valence-corrected chi connectivity index (χ4v) is 3.05. The molecule has 33 heavy (non-hydrogen) atoms. The zero-order valence-corrected chi connectivity index (χ0v) is 18.8. The van der Waals surface area contributed by atoms with Gasteiger partial charge in [-0.15, -0.1) is 0 Å². The number of hydroxylamine groups is 1. The van der Waals surface area contributed by atoms with Crippen LogP contribution in [0.4, 0.5) is 0 Å². The van der Waals surface area contributed by atoms with Crippen molar-refractivity contribution in [1.29, 1.82) is 0 Å². The molecule has 0 saturated heterocycles. The number of hydrogen-bond acceptors (Lipinski definition) is 6. The molecule has 2 amide bonds. The predicted molar refractivity (Wildman–Crippen MR) is 129 cm³/mol. The Morgan fingerprint density at radius 2 is 1.48 bits per heavy atom. The highest BCUT2D eigenvalue weighted by Gasteiger charge is 2.20. The van der Waals surface area contributed by atoms with Crippen molar-refractivity contribution < 1.29 is 14.8 Å². The van der Waals surface area contributed by atoms with Crippen LogP contribution in [0.2, 0.25) is 0 Å². The number of rotatable bonds is 13. The molecule has 0 aromatic heterocycles. The Bertz CT molecular complexity index is 907. The first-order valence-corrected chi connectivity index (χ1v) is 11.2. The molecule has 0 aliphatic carbocycles. The fraction of sp³-hybridized carbons (Fsp3) is 0.360. The first-order chi connectivity index (χ1) is 16.1. The first kappa shape index (κ1) is 26.0. The van der Waals surface area contributed by atoms with Crippen LogP contribution >= 0.6 is 0 Å². The molecular weight excluding hydrogens is 418 g/mol. The lowest BCUT2D eigenvalue weighted by molar-refractivity contribution is -0.131. The van der Waals surface area contributed by atoms with Gasteiger partial charge in [-0.2, -0.15) is 0 Å². The second kappa shape index (κ2) is 15.6. The average Bonchev–Trinajstić information content (AvgIpc) is 2.86. The molecule has 176 valence electrons. The summed E-state index contributed by atoms with van der Waals surface area (Å²) in [6.07, 6.45) is 3.02. The molecule has 0 bridgehead atoms. The van der Waals surface area contributed by atoms with Crippen molar-refractivity contribution in [3.05, 3.63) is 71.3 Å². The second-order valence-corrected chi connectivity index (χ2v) is 7.50. The van der Waals surface area contributed by atoms with Gasteiger partial charge in [0.1, 0.15) is 6.04 Å². The van der Waals surface area contributed by atoms with Crippen LogP contribution in [-0.4, -0.2) is 55.8 Å². The Morgan fingerprint density at radius 3 is 2.12 bits per heavy atom. The molecule has 0 unspecified atom stereocenters. The van der Waals surface area contributed by atoms with E-state index in [4.69, 9.17) is 10.9 Å². The maximum absolute atomic E-state index is 12.6. The lowest BCUT2D eigenvalue weighted by atomic mass is 10.1. The molecular formula is C25H33N5O3. The molecule has 2 aromatic carbocycles. The van der Waals surface area contributed by atoms with Gasteiger partial charge in [-0.3, -0.25) is 14.8 Å². The fourth-order valence-electron chi connectivity index (χ4n) is 3.05. The quantitative estimate of drug-likeness (QED) is 0.117. The summed E-state index contributed by atoms with van der Waals surface area (Å²) < 4.78 is 0. The lowest BCUT2D eigenvalue weighted by Gasteiger charge is -2.17. The van der Waals surface area contributed by atoms with Crippen molar-refractivity contribution in [2.75, 3.05) is 32.7 Å². The molecule has 0 spiro atoms. The Kier molecular flexibility index (Phi) is 12.3. The molecule has 0 heterocycles. The second-order valence-electron chi connectivity index (χ2n) is 7.50. The summed E-state index contributed by atoms with van der Waals surface area (Å²) in [5.41, 5.74) is 9.13. The molecule has 0 fully saturated rings. The normalized spacial score (nSPS) is 11.2. The number of nitrogens with two attached hydrogens (primary N) is 1. The number of carbonyl (C=O) groups is 2. The third-order valence-corrected chi connectivity index (χ3v) is 4.88. The third-order valence-electron chi connectivity index (χ3n) is 4.88. The van der Waals surface area contributed by atoms with Crippen LogP contribution in [-0.2, 0) is 4.79 Å². The van der Waals surface area contributed by atoms with Gasteiger partial charge in [0.05, 0.1) is 0 Å². The van der Waals surface area contributed by atoms with Crippen molar-refractivity contribution >= 4 is 11.8 Å². The van der Waals surface area contributed by atoms with Crippen molar-refractivity contribution in [3.8, 4) is 11.8 Å². The van der Waals surface area contributed by atoms with E-state index in [0.717, 1.165) is 43.5 Å². The molecule has 0 aliphatic heterocycles. The first-order valence-electron chi connectivity index (χ1n) is 11.2. The van der Waals surface area contributed by atoms with E-state index >= 15 is 0 Å². The number of benzene rings is 2. The molecule has 8 nitrogen and oxygen atoms in total. The summed E-state index contributed by atoms with van der Waals surface area (Å²) in [5, 5.41) is 18.1. The van der Waals surface area contributed by atoms with E-state index in [0.29, 0.717) is 18.7 Å². The van der Waals surface area contributed by atoms with E-state index in [1.54, 1.807) is 29.7 Å². The Hall–Kier alpha value is -3.22. The molecule has 8 heteroatoms. The van der Waals surface area contributed by atoms with Gasteiger partial charge in [0, 0.05) is 36.3 Å². The summed E-state index contributed by atoms with van der Waals surface area (Å²) in [6.45, 7) is 3.30. The number of unbranched alkanes of at least 4 members (excludes halogenated alkanes) is 2. The Morgan fingerprint density at radius 1 is 0.848 bits per heavy atom. The molecule has 0 saturated carbocycles. The SMILES string of the molecule is NCCNCCCCCNC[C@H](NC(=O)c1ccc(C#Cc2ccccc2)cc1)C(=O)NO. The van der Waals surface area contributed by atoms with Crippen LogP contribution in [0.1, 0.15) is 40.7 Å². The molecule has 2 rings (SSSR count). The average molecular weight is 452 g/mol. The van der Waals surface area contributed by atoms with E-state index < -0.39 is 17.9 Å². The largest absolute Gasteiger partial charge is 0.339 e. The maximum atomic E-state index is 12.6. The summed E-state index contributed by atoms with van der Waals surface area (Å²) in [4.78, 5) is 24.5. The minimum Gasteiger partial charge on any atom is -0.339 e. The molecule has 2 aromatic rings. The van der Waals surface area contributed by atoms with Crippen LogP contribution in [0.3, 0.4) is 0 Å². The van der Waals surface area contributed by atoms with Crippen LogP contribution in [0.25, 0.3) is 0 Å². The highest BCUT2D eigenvalue weighted by Crippen LogP contribution is 2.05. The third kappa shape index (κ3) is 10.3. The molecule has 1 atom stereocenters. The summed E-state index contributed by atoms with van der Waals surface area (Å²) in [7, 11) is 0. The number of hydrogen-bond donors (Lipinski definition) is 6. The highest BCUT2D eigenvalue weighted by atomic mass is 16.5. The monoisotopic (exact) mass is 451 g/mol. The minimum atomic E-state index is -0.897. The topological polar surface area (TPSA) is 129 Å². The molecule has 0 aliphatic rings. The van der Waals surface area contributed by atoms with Crippen LogP contribution in [0.5, 0.6) is 0 Å². The summed E-state index contributed by atoms with van der Waals surface area (Å²) >= 11 is 0. The number of nitrogens with one attached hydrogen (secondary N) is 4. The van der Waals surface area contributed by atoms with Crippen LogP contribution < -0.4 is 27.2 Å². The van der Waals surface area contributed by atoms with Crippen LogP contribution in [0.15, 0.2) is 54.6 Å². The van der Waals surface area contributed by atoms with Crippen molar-refractivity contribution in [2.45, 2.75) is 25.3 Å².